The lowest BCUT2D eigenvalue weighted by atomic mass is 10.0. The van der Waals surface area contributed by atoms with Gasteiger partial charge in [-0.1, -0.05) is 37.3 Å². The van der Waals surface area contributed by atoms with Gasteiger partial charge in [0, 0.05) is 25.7 Å². The Morgan fingerprint density at radius 3 is 2.53 bits per heavy atom. The van der Waals surface area contributed by atoms with Crippen LogP contribution in [0, 0.1) is 0 Å². The second-order valence-electron chi connectivity index (χ2n) is 4.74. The Labute approximate surface area is 117 Å². The van der Waals surface area contributed by atoms with Crippen LogP contribution < -0.4 is 5.73 Å². The number of hydrogen-bond acceptors (Lipinski definition) is 3. The van der Waals surface area contributed by atoms with Crippen molar-refractivity contribution in [3.05, 3.63) is 35.9 Å². The van der Waals surface area contributed by atoms with Crippen LogP contribution in [0.2, 0.25) is 0 Å². The van der Waals surface area contributed by atoms with E-state index < -0.39 is 0 Å². The Kier molecular flexibility index (Phi) is 8.47. The fraction of sp³-hybridized carbons (Fsp3) is 0.625. The monoisotopic (exact) mass is 264 g/mol. The molecule has 1 rings (SSSR count). The summed E-state index contributed by atoms with van der Waals surface area (Å²) in [6, 6.07) is 11.1. The maximum atomic E-state index is 5.94. The molecule has 3 heteroatoms. The van der Waals surface area contributed by atoms with Gasteiger partial charge in [0.1, 0.15) is 0 Å². The molecule has 0 saturated carbocycles. The van der Waals surface area contributed by atoms with Gasteiger partial charge in [-0.05, 0) is 31.9 Å². The van der Waals surface area contributed by atoms with E-state index in [-0.39, 0.29) is 0 Å². The second kappa shape index (κ2) is 9.96. The summed E-state index contributed by atoms with van der Waals surface area (Å²) in [6.45, 7) is 8.53. The molecule has 108 valence electrons. The Morgan fingerprint density at radius 1 is 1.21 bits per heavy atom. The van der Waals surface area contributed by atoms with Crippen LogP contribution in [0.1, 0.15) is 25.8 Å². The first-order valence-corrected chi connectivity index (χ1v) is 7.37. The quantitative estimate of drug-likeness (QED) is 0.659. The van der Waals surface area contributed by atoms with Crippen molar-refractivity contribution in [2.45, 2.75) is 32.7 Å². The van der Waals surface area contributed by atoms with Crippen LogP contribution in [0.15, 0.2) is 30.3 Å². The molecule has 1 aromatic rings. The van der Waals surface area contributed by atoms with Gasteiger partial charge in [-0.2, -0.15) is 0 Å². The maximum Gasteiger partial charge on any atom is 0.0593 e. The molecule has 0 amide bonds. The second-order valence-corrected chi connectivity index (χ2v) is 4.74. The Morgan fingerprint density at radius 2 is 1.95 bits per heavy atom. The van der Waals surface area contributed by atoms with E-state index in [1.165, 1.54) is 5.56 Å². The molecule has 1 aromatic carbocycles. The molecule has 0 aromatic heterocycles. The largest absolute Gasteiger partial charge is 0.380 e. The summed E-state index contributed by atoms with van der Waals surface area (Å²) in [5.74, 6) is 0. The molecule has 0 aliphatic heterocycles. The first-order valence-electron chi connectivity index (χ1n) is 7.37. The van der Waals surface area contributed by atoms with E-state index in [0.717, 1.165) is 39.1 Å². The third-order valence-electron chi connectivity index (χ3n) is 3.53. The lowest BCUT2D eigenvalue weighted by Gasteiger charge is -2.29. The summed E-state index contributed by atoms with van der Waals surface area (Å²) in [6.07, 6.45) is 2.20. The predicted octanol–water partition coefficient (Wildman–Crippen LogP) is 2.30. The minimum absolute atomic E-state index is 0.450. The van der Waals surface area contributed by atoms with E-state index in [9.17, 15) is 0 Å². The van der Waals surface area contributed by atoms with Gasteiger partial charge in [-0.25, -0.2) is 0 Å². The van der Waals surface area contributed by atoms with Crippen molar-refractivity contribution in [2.24, 2.45) is 5.73 Å². The highest BCUT2D eigenvalue weighted by atomic mass is 16.5. The fourth-order valence-corrected chi connectivity index (χ4v) is 2.35. The number of nitrogens with two attached hydrogens (primary N) is 1. The molecule has 3 nitrogen and oxygen atoms in total. The molecular formula is C16H28N2O. The number of aryl methyl sites for hydroxylation is 1. The molecule has 0 aliphatic carbocycles. The minimum atomic E-state index is 0.450. The smallest absolute Gasteiger partial charge is 0.0593 e. The van der Waals surface area contributed by atoms with Crippen molar-refractivity contribution >= 4 is 0 Å². The van der Waals surface area contributed by atoms with Gasteiger partial charge >= 0.3 is 0 Å². The van der Waals surface area contributed by atoms with Gasteiger partial charge in [0.2, 0.25) is 0 Å². The van der Waals surface area contributed by atoms with Crippen LogP contribution in [0.5, 0.6) is 0 Å². The van der Waals surface area contributed by atoms with Crippen molar-refractivity contribution in [2.75, 3.05) is 32.8 Å². The fourth-order valence-electron chi connectivity index (χ4n) is 2.35. The average Bonchev–Trinajstić information content (AvgIpc) is 2.47. The van der Waals surface area contributed by atoms with Crippen LogP contribution >= 0.6 is 0 Å². The minimum Gasteiger partial charge on any atom is -0.380 e. The first kappa shape index (κ1) is 16.2. The summed E-state index contributed by atoms with van der Waals surface area (Å²) in [5.41, 5.74) is 7.33. The first-order chi connectivity index (χ1) is 9.31. The molecule has 1 unspecified atom stereocenters. The van der Waals surface area contributed by atoms with Gasteiger partial charge < -0.3 is 10.5 Å². The van der Waals surface area contributed by atoms with Crippen molar-refractivity contribution in [3.63, 3.8) is 0 Å². The van der Waals surface area contributed by atoms with Crippen molar-refractivity contribution < 1.29 is 4.74 Å². The molecule has 0 radical (unpaired) electrons. The molecule has 0 saturated heterocycles. The number of benzene rings is 1. The highest BCUT2D eigenvalue weighted by Gasteiger charge is 2.15. The number of nitrogens with zero attached hydrogens (tertiary/aromatic N) is 1. The highest BCUT2D eigenvalue weighted by Crippen LogP contribution is 2.09. The van der Waals surface area contributed by atoms with Crippen molar-refractivity contribution in [3.8, 4) is 0 Å². The summed E-state index contributed by atoms with van der Waals surface area (Å²) < 4.78 is 5.44. The molecule has 1 atom stereocenters. The van der Waals surface area contributed by atoms with E-state index in [1.807, 2.05) is 6.92 Å². The zero-order valence-corrected chi connectivity index (χ0v) is 12.3. The lowest BCUT2D eigenvalue weighted by molar-refractivity contribution is 0.0960. The third kappa shape index (κ3) is 6.19. The summed E-state index contributed by atoms with van der Waals surface area (Å²) in [7, 11) is 0. The number of rotatable bonds is 10. The topological polar surface area (TPSA) is 38.5 Å². The number of likely N-dealkylation sites (N-methyl/N-ethyl adjacent to an activating group) is 1. The van der Waals surface area contributed by atoms with E-state index >= 15 is 0 Å². The molecule has 0 fully saturated rings. The van der Waals surface area contributed by atoms with Gasteiger partial charge in [0.05, 0.1) is 6.61 Å². The highest BCUT2D eigenvalue weighted by molar-refractivity contribution is 5.14. The molecular weight excluding hydrogens is 236 g/mol. The van der Waals surface area contributed by atoms with Crippen LogP contribution in [0.4, 0.5) is 0 Å². The van der Waals surface area contributed by atoms with E-state index in [1.54, 1.807) is 0 Å². The average molecular weight is 264 g/mol. The molecule has 2 N–H and O–H groups in total. The predicted molar refractivity (Wildman–Crippen MR) is 81.3 cm³/mol. The normalized spacial score (nSPS) is 12.8. The van der Waals surface area contributed by atoms with Crippen LogP contribution in [-0.4, -0.2) is 43.8 Å². The third-order valence-corrected chi connectivity index (χ3v) is 3.53. The summed E-state index contributed by atoms with van der Waals surface area (Å²) in [5, 5.41) is 0. The Hall–Kier alpha value is -0.900. The van der Waals surface area contributed by atoms with Crippen molar-refractivity contribution in [1.82, 2.24) is 4.90 Å². The van der Waals surface area contributed by atoms with Crippen LogP contribution in [-0.2, 0) is 11.2 Å². The van der Waals surface area contributed by atoms with E-state index in [2.05, 4.69) is 42.2 Å². The number of ether oxygens (including phenoxy) is 1. The number of hydrogen-bond donors (Lipinski definition) is 1. The molecule has 19 heavy (non-hydrogen) atoms. The van der Waals surface area contributed by atoms with Crippen LogP contribution in [0.25, 0.3) is 0 Å². The standard InChI is InChI=1S/C16H28N2O/c1-3-18(12-13-19-4-2)16(14-17)11-10-15-8-6-5-7-9-15/h5-9,16H,3-4,10-14,17H2,1-2H3. The van der Waals surface area contributed by atoms with Gasteiger partial charge in [0.25, 0.3) is 0 Å². The SMILES string of the molecule is CCOCCN(CC)C(CN)CCc1ccccc1. The lowest BCUT2D eigenvalue weighted by Crippen LogP contribution is -2.42. The van der Waals surface area contributed by atoms with Crippen molar-refractivity contribution in [1.29, 1.82) is 0 Å². The molecule has 0 bridgehead atoms. The molecule has 0 aliphatic rings. The maximum absolute atomic E-state index is 5.94. The Bertz CT molecular complexity index is 316. The zero-order valence-electron chi connectivity index (χ0n) is 12.3. The van der Waals surface area contributed by atoms with Gasteiger partial charge in [0.15, 0.2) is 0 Å². The summed E-state index contributed by atoms with van der Waals surface area (Å²) in [4.78, 5) is 2.43. The Balaban J connectivity index is 2.41. The van der Waals surface area contributed by atoms with E-state index in [4.69, 9.17) is 10.5 Å². The zero-order chi connectivity index (χ0) is 13.9. The summed E-state index contributed by atoms with van der Waals surface area (Å²) >= 11 is 0. The van der Waals surface area contributed by atoms with Gasteiger partial charge in [-0.15, -0.1) is 0 Å². The molecule has 0 heterocycles. The molecule has 0 spiro atoms. The van der Waals surface area contributed by atoms with Gasteiger partial charge in [-0.3, -0.25) is 4.90 Å². The van der Waals surface area contributed by atoms with Crippen LogP contribution in [0.3, 0.4) is 0 Å². The van der Waals surface area contributed by atoms with E-state index in [0.29, 0.717) is 12.6 Å².